The Bertz CT molecular complexity index is 297. The Morgan fingerprint density at radius 1 is 1.28 bits per heavy atom. The summed E-state index contributed by atoms with van der Waals surface area (Å²) in [5.74, 6) is 0.375. The molecule has 104 valence electrons. The summed E-state index contributed by atoms with van der Waals surface area (Å²) in [7, 11) is 0. The fourth-order valence-corrected chi connectivity index (χ4v) is 2.08. The maximum absolute atomic E-state index is 12.0. The third-order valence-electron chi connectivity index (χ3n) is 3.71. The van der Waals surface area contributed by atoms with Gasteiger partial charge in [0.2, 0.25) is 11.8 Å². The molecule has 0 unspecified atom stereocenters. The monoisotopic (exact) mass is 255 g/mol. The fraction of sp³-hybridized carbons (Fsp3) is 0.846. The number of nitrogens with zero attached hydrogens (tertiary/aromatic N) is 1. The number of likely N-dealkylation sites (tertiary alicyclic amines) is 1. The Kier molecular flexibility index (Phi) is 5.59. The molecule has 2 amide bonds. The molecule has 1 fully saturated rings. The van der Waals surface area contributed by atoms with Crippen molar-refractivity contribution >= 4 is 11.8 Å². The highest BCUT2D eigenvalue weighted by atomic mass is 16.2. The van der Waals surface area contributed by atoms with Gasteiger partial charge in [-0.05, 0) is 38.8 Å². The first-order valence-electron chi connectivity index (χ1n) is 6.71. The Labute approximate surface area is 109 Å². The Balaban J connectivity index is 2.34. The van der Waals surface area contributed by atoms with E-state index in [0.717, 1.165) is 25.9 Å². The number of piperidine rings is 1. The standard InChI is InChI=1S/C13H25N3O2/c1-9(2)10(3)15-13(18)11-4-6-16(7-5-11)8-12(14)17/h9-11H,4-8H2,1-3H3,(H2,14,17)(H,15,18)/t10-/m0/s1. The lowest BCUT2D eigenvalue weighted by molar-refractivity contribution is -0.127. The second-order valence-electron chi connectivity index (χ2n) is 5.56. The molecule has 0 aromatic carbocycles. The van der Waals surface area contributed by atoms with Gasteiger partial charge in [-0.15, -0.1) is 0 Å². The SMILES string of the molecule is CC(C)[C@H](C)NC(=O)C1CCN(CC(N)=O)CC1. The molecule has 1 heterocycles. The smallest absolute Gasteiger partial charge is 0.231 e. The zero-order valence-corrected chi connectivity index (χ0v) is 11.6. The minimum Gasteiger partial charge on any atom is -0.369 e. The van der Waals surface area contributed by atoms with Gasteiger partial charge in [-0.25, -0.2) is 0 Å². The molecule has 1 aliphatic rings. The van der Waals surface area contributed by atoms with Gasteiger partial charge < -0.3 is 11.1 Å². The van der Waals surface area contributed by atoms with Crippen LogP contribution in [0.5, 0.6) is 0 Å². The second kappa shape index (κ2) is 6.73. The molecular formula is C13H25N3O2. The fourth-order valence-electron chi connectivity index (χ4n) is 2.08. The van der Waals surface area contributed by atoms with Gasteiger partial charge in [0.15, 0.2) is 0 Å². The van der Waals surface area contributed by atoms with E-state index in [1.54, 1.807) is 0 Å². The van der Waals surface area contributed by atoms with Gasteiger partial charge >= 0.3 is 0 Å². The lowest BCUT2D eigenvalue weighted by Gasteiger charge is -2.31. The number of amides is 2. The third kappa shape index (κ3) is 4.64. The Morgan fingerprint density at radius 3 is 2.28 bits per heavy atom. The Hall–Kier alpha value is -1.10. The molecule has 1 atom stereocenters. The van der Waals surface area contributed by atoms with E-state index in [1.807, 2.05) is 11.8 Å². The van der Waals surface area contributed by atoms with Crippen LogP contribution in [0.3, 0.4) is 0 Å². The van der Waals surface area contributed by atoms with Gasteiger partial charge in [0.1, 0.15) is 0 Å². The molecule has 5 heteroatoms. The molecule has 5 nitrogen and oxygen atoms in total. The quantitative estimate of drug-likeness (QED) is 0.744. The average molecular weight is 255 g/mol. The number of primary amides is 1. The topological polar surface area (TPSA) is 75.4 Å². The summed E-state index contributed by atoms with van der Waals surface area (Å²) in [5, 5.41) is 3.06. The lowest BCUT2D eigenvalue weighted by atomic mass is 9.95. The van der Waals surface area contributed by atoms with Crippen molar-refractivity contribution in [1.82, 2.24) is 10.2 Å². The van der Waals surface area contributed by atoms with E-state index in [-0.39, 0.29) is 23.8 Å². The number of carbonyl (C=O) groups is 2. The van der Waals surface area contributed by atoms with Crippen LogP contribution in [0.1, 0.15) is 33.6 Å². The highest BCUT2D eigenvalue weighted by Crippen LogP contribution is 2.17. The first-order chi connectivity index (χ1) is 8.40. The van der Waals surface area contributed by atoms with Crippen LogP contribution in [-0.4, -0.2) is 42.4 Å². The van der Waals surface area contributed by atoms with Crippen LogP contribution >= 0.6 is 0 Å². The number of nitrogens with two attached hydrogens (primary N) is 1. The molecule has 0 bridgehead atoms. The van der Waals surface area contributed by atoms with E-state index < -0.39 is 0 Å². The van der Waals surface area contributed by atoms with Crippen LogP contribution in [0.4, 0.5) is 0 Å². The molecule has 1 saturated heterocycles. The van der Waals surface area contributed by atoms with Crippen LogP contribution in [0, 0.1) is 11.8 Å². The van der Waals surface area contributed by atoms with Crippen LogP contribution in [-0.2, 0) is 9.59 Å². The summed E-state index contributed by atoms with van der Waals surface area (Å²) < 4.78 is 0. The van der Waals surface area contributed by atoms with E-state index in [9.17, 15) is 9.59 Å². The molecule has 0 aromatic heterocycles. The third-order valence-corrected chi connectivity index (χ3v) is 3.71. The lowest BCUT2D eigenvalue weighted by Crippen LogP contribution is -2.45. The van der Waals surface area contributed by atoms with Crippen LogP contribution in [0.2, 0.25) is 0 Å². The number of hydrogen-bond donors (Lipinski definition) is 2. The van der Waals surface area contributed by atoms with Gasteiger partial charge in [0.25, 0.3) is 0 Å². The maximum Gasteiger partial charge on any atom is 0.231 e. The molecule has 0 spiro atoms. The zero-order valence-electron chi connectivity index (χ0n) is 11.6. The van der Waals surface area contributed by atoms with E-state index in [2.05, 4.69) is 19.2 Å². The first-order valence-corrected chi connectivity index (χ1v) is 6.71. The van der Waals surface area contributed by atoms with Gasteiger partial charge in [0, 0.05) is 12.0 Å². The summed E-state index contributed by atoms with van der Waals surface area (Å²) in [6.45, 7) is 8.08. The average Bonchev–Trinajstić information content (AvgIpc) is 2.28. The minimum absolute atomic E-state index is 0.0790. The number of nitrogens with one attached hydrogen (secondary N) is 1. The maximum atomic E-state index is 12.0. The molecule has 0 aromatic rings. The van der Waals surface area contributed by atoms with Crippen molar-refractivity contribution in [2.75, 3.05) is 19.6 Å². The highest BCUT2D eigenvalue weighted by Gasteiger charge is 2.26. The molecule has 3 N–H and O–H groups in total. The van der Waals surface area contributed by atoms with Gasteiger partial charge in [-0.1, -0.05) is 13.8 Å². The normalized spacial score (nSPS) is 19.8. The molecule has 0 saturated carbocycles. The highest BCUT2D eigenvalue weighted by molar-refractivity contribution is 5.79. The van der Waals surface area contributed by atoms with Gasteiger partial charge in [-0.2, -0.15) is 0 Å². The zero-order chi connectivity index (χ0) is 13.7. The van der Waals surface area contributed by atoms with Crippen molar-refractivity contribution in [3.63, 3.8) is 0 Å². The summed E-state index contributed by atoms with van der Waals surface area (Å²) in [4.78, 5) is 24.8. The van der Waals surface area contributed by atoms with E-state index in [1.165, 1.54) is 0 Å². The van der Waals surface area contributed by atoms with Crippen molar-refractivity contribution in [3.05, 3.63) is 0 Å². The van der Waals surface area contributed by atoms with Crippen molar-refractivity contribution in [2.45, 2.75) is 39.7 Å². The van der Waals surface area contributed by atoms with Crippen LogP contribution in [0.25, 0.3) is 0 Å². The van der Waals surface area contributed by atoms with E-state index in [0.29, 0.717) is 12.5 Å². The number of carbonyl (C=O) groups excluding carboxylic acids is 2. The molecule has 1 aliphatic heterocycles. The van der Waals surface area contributed by atoms with Gasteiger partial charge in [-0.3, -0.25) is 14.5 Å². The van der Waals surface area contributed by atoms with Gasteiger partial charge in [0.05, 0.1) is 6.54 Å². The largest absolute Gasteiger partial charge is 0.369 e. The van der Waals surface area contributed by atoms with Crippen LogP contribution < -0.4 is 11.1 Å². The molecule has 1 rings (SSSR count). The summed E-state index contributed by atoms with van der Waals surface area (Å²) in [6.07, 6.45) is 1.62. The number of hydrogen-bond acceptors (Lipinski definition) is 3. The first kappa shape index (κ1) is 15.0. The molecule has 18 heavy (non-hydrogen) atoms. The summed E-state index contributed by atoms with van der Waals surface area (Å²) >= 11 is 0. The van der Waals surface area contributed by atoms with Crippen LogP contribution in [0.15, 0.2) is 0 Å². The predicted octanol–water partition coefficient (Wildman–Crippen LogP) is 0.344. The summed E-state index contributed by atoms with van der Waals surface area (Å²) in [5.41, 5.74) is 5.16. The van der Waals surface area contributed by atoms with Crippen molar-refractivity contribution < 1.29 is 9.59 Å². The van der Waals surface area contributed by atoms with Crippen molar-refractivity contribution in [2.24, 2.45) is 17.6 Å². The van der Waals surface area contributed by atoms with E-state index in [4.69, 9.17) is 5.73 Å². The molecular weight excluding hydrogens is 230 g/mol. The summed E-state index contributed by atoms with van der Waals surface area (Å²) in [6, 6.07) is 0.209. The predicted molar refractivity (Wildman–Crippen MR) is 70.8 cm³/mol. The second-order valence-corrected chi connectivity index (χ2v) is 5.56. The molecule has 0 aliphatic carbocycles. The minimum atomic E-state index is -0.300. The molecule has 0 radical (unpaired) electrons. The Morgan fingerprint density at radius 2 is 1.83 bits per heavy atom. The van der Waals surface area contributed by atoms with E-state index >= 15 is 0 Å². The van der Waals surface area contributed by atoms with Crippen molar-refractivity contribution in [3.8, 4) is 0 Å². The number of rotatable bonds is 5. The van der Waals surface area contributed by atoms with Crippen molar-refractivity contribution in [1.29, 1.82) is 0 Å².